The lowest BCUT2D eigenvalue weighted by Gasteiger charge is -2.16. The Kier molecular flexibility index (Phi) is 3.39. The summed E-state index contributed by atoms with van der Waals surface area (Å²) in [5.41, 5.74) is 1.96. The zero-order valence-electron chi connectivity index (χ0n) is 11.9. The normalized spacial score (nSPS) is 12.5. The molecule has 3 rings (SSSR count). The summed E-state index contributed by atoms with van der Waals surface area (Å²) < 4.78 is 1.67. The first kappa shape index (κ1) is 13.3. The van der Waals surface area contributed by atoms with Crippen molar-refractivity contribution in [2.45, 2.75) is 19.4 Å². The molecule has 1 unspecified atom stereocenters. The van der Waals surface area contributed by atoms with Crippen molar-refractivity contribution in [1.29, 1.82) is 0 Å². The van der Waals surface area contributed by atoms with Crippen LogP contribution in [0.4, 0.5) is 5.69 Å². The van der Waals surface area contributed by atoms with Crippen molar-refractivity contribution < 1.29 is 0 Å². The number of anilines is 1. The minimum atomic E-state index is -0.165. The molecular weight excluding hydrogens is 268 g/mol. The fourth-order valence-corrected chi connectivity index (χ4v) is 2.28. The van der Waals surface area contributed by atoms with Gasteiger partial charge in [-0.05, 0) is 12.5 Å². The Morgan fingerprint density at radius 2 is 2.14 bits per heavy atom. The topological polar surface area (TPSA) is 88.5 Å². The molecule has 0 aliphatic heterocycles. The van der Waals surface area contributed by atoms with E-state index in [1.807, 2.05) is 14.0 Å². The van der Waals surface area contributed by atoms with Crippen LogP contribution in [-0.2, 0) is 7.05 Å². The van der Waals surface area contributed by atoms with Gasteiger partial charge in [-0.3, -0.25) is 9.48 Å². The van der Waals surface area contributed by atoms with Crippen LogP contribution in [0.5, 0.6) is 0 Å². The average Bonchev–Trinajstić information content (AvgIpc) is 2.85. The Bertz CT molecular complexity index is 807. The lowest BCUT2D eigenvalue weighted by molar-refractivity contribution is 0.692. The molecule has 0 saturated carbocycles. The van der Waals surface area contributed by atoms with Crippen LogP contribution in [0.1, 0.15) is 25.2 Å². The first-order valence-corrected chi connectivity index (χ1v) is 6.77. The molecule has 3 heterocycles. The molecule has 0 bridgehead atoms. The number of fused-ring (bicyclic) bond motifs is 1. The van der Waals surface area contributed by atoms with E-state index in [1.54, 1.807) is 29.3 Å². The fraction of sp³-hybridized carbons (Fsp3) is 0.286. The van der Waals surface area contributed by atoms with Crippen molar-refractivity contribution in [3.05, 3.63) is 46.9 Å². The van der Waals surface area contributed by atoms with Gasteiger partial charge in [0.25, 0.3) is 5.56 Å². The molecule has 3 aromatic heterocycles. The van der Waals surface area contributed by atoms with Crippen LogP contribution in [0.2, 0.25) is 0 Å². The number of H-pyrrole nitrogens is 1. The highest BCUT2D eigenvalue weighted by molar-refractivity contribution is 5.86. The number of aryl methyl sites for hydroxylation is 1. The van der Waals surface area contributed by atoms with Gasteiger partial charge in [0.15, 0.2) is 0 Å². The molecule has 0 saturated heterocycles. The van der Waals surface area contributed by atoms with E-state index in [4.69, 9.17) is 0 Å². The number of pyridine rings is 1. The highest BCUT2D eigenvalue weighted by Crippen LogP contribution is 2.23. The number of aromatic amines is 1. The maximum absolute atomic E-state index is 11.8. The minimum Gasteiger partial charge on any atom is -0.373 e. The summed E-state index contributed by atoms with van der Waals surface area (Å²) in [5, 5.41) is 7.70. The van der Waals surface area contributed by atoms with Crippen molar-refractivity contribution >= 4 is 16.7 Å². The van der Waals surface area contributed by atoms with Crippen molar-refractivity contribution in [3.8, 4) is 0 Å². The Balaban J connectivity index is 2.02. The highest BCUT2D eigenvalue weighted by Gasteiger charge is 2.15. The van der Waals surface area contributed by atoms with Crippen LogP contribution in [0, 0.1) is 0 Å². The number of aromatic nitrogens is 5. The summed E-state index contributed by atoms with van der Waals surface area (Å²) in [6.07, 6.45) is 5.99. The summed E-state index contributed by atoms with van der Waals surface area (Å²) in [7, 11) is 1.82. The number of hydrogen-bond acceptors (Lipinski definition) is 5. The predicted molar refractivity (Wildman–Crippen MR) is 80.0 cm³/mol. The molecule has 0 fully saturated rings. The summed E-state index contributed by atoms with van der Waals surface area (Å²) in [6, 6.07) is 3.22. The van der Waals surface area contributed by atoms with Crippen LogP contribution >= 0.6 is 0 Å². The van der Waals surface area contributed by atoms with Crippen molar-refractivity contribution in [2.75, 3.05) is 5.32 Å². The van der Waals surface area contributed by atoms with E-state index in [2.05, 4.69) is 25.4 Å². The monoisotopic (exact) mass is 284 g/mol. The molecule has 108 valence electrons. The van der Waals surface area contributed by atoms with E-state index in [0.29, 0.717) is 17.0 Å². The number of nitrogens with one attached hydrogen (secondary N) is 2. The molecule has 0 aliphatic carbocycles. The van der Waals surface area contributed by atoms with E-state index >= 15 is 0 Å². The predicted octanol–water partition coefficient (Wildman–Crippen LogP) is 1.61. The second-order valence-corrected chi connectivity index (χ2v) is 4.82. The lowest BCUT2D eigenvalue weighted by atomic mass is 10.2. The third-order valence-electron chi connectivity index (χ3n) is 3.25. The molecule has 7 nitrogen and oxygen atoms in total. The van der Waals surface area contributed by atoms with Gasteiger partial charge in [-0.15, -0.1) is 0 Å². The molecule has 0 spiro atoms. The third kappa shape index (κ3) is 2.62. The minimum absolute atomic E-state index is 0.0711. The Labute approximate surface area is 121 Å². The van der Waals surface area contributed by atoms with Gasteiger partial charge in [0.2, 0.25) is 0 Å². The zero-order valence-corrected chi connectivity index (χ0v) is 11.9. The fourth-order valence-electron chi connectivity index (χ4n) is 2.28. The summed E-state index contributed by atoms with van der Waals surface area (Å²) in [4.78, 5) is 23.1. The maximum atomic E-state index is 11.8. The van der Waals surface area contributed by atoms with Crippen LogP contribution in [0.3, 0.4) is 0 Å². The van der Waals surface area contributed by atoms with Gasteiger partial charge in [-0.2, -0.15) is 5.10 Å². The summed E-state index contributed by atoms with van der Waals surface area (Å²) >= 11 is 0. The van der Waals surface area contributed by atoms with Gasteiger partial charge in [0, 0.05) is 31.7 Å². The van der Waals surface area contributed by atoms with Crippen molar-refractivity contribution in [1.82, 2.24) is 24.7 Å². The highest BCUT2D eigenvalue weighted by atomic mass is 16.1. The second-order valence-electron chi connectivity index (χ2n) is 4.82. The van der Waals surface area contributed by atoms with E-state index in [0.717, 1.165) is 11.9 Å². The lowest BCUT2D eigenvalue weighted by Crippen LogP contribution is -2.15. The Hall–Kier alpha value is -2.70. The molecular formula is C14H16N6O. The van der Waals surface area contributed by atoms with E-state index in [-0.39, 0.29) is 11.6 Å². The molecule has 1 atom stereocenters. The molecule has 0 aliphatic rings. The van der Waals surface area contributed by atoms with Crippen LogP contribution < -0.4 is 10.9 Å². The average molecular weight is 284 g/mol. The number of rotatable bonds is 4. The number of hydrogen-bond donors (Lipinski definition) is 2. The van der Waals surface area contributed by atoms with Gasteiger partial charge in [-0.25, -0.2) is 9.97 Å². The molecule has 0 radical (unpaired) electrons. The van der Waals surface area contributed by atoms with Gasteiger partial charge in [0.05, 0.1) is 17.2 Å². The van der Waals surface area contributed by atoms with Crippen LogP contribution in [0.25, 0.3) is 11.0 Å². The smallest absolute Gasteiger partial charge is 0.250 e. The molecule has 3 aromatic rings. The number of nitrogens with zero attached hydrogens (tertiary/aromatic N) is 4. The maximum Gasteiger partial charge on any atom is 0.250 e. The second kappa shape index (κ2) is 5.35. The van der Waals surface area contributed by atoms with Gasteiger partial charge in [-0.1, -0.05) is 6.92 Å². The molecule has 2 N–H and O–H groups in total. The first-order chi connectivity index (χ1) is 10.2. The zero-order chi connectivity index (χ0) is 14.8. The van der Waals surface area contributed by atoms with E-state index in [1.165, 1.54) is 6.07 Å². The molecule has 21 heavy (non-hydrogen) atoms. The van der Waals surface area contributed by atoms with Crippen molar-refractivity contribution in [2.24, 2.45) is 7.05 Å². The van der Waals surface area contributed by atoms with Crippen LogP contribution in [-0.4, -0.2) is 24.7 Å². The Morgan fingerprint density at radius 3 is 2.86 bits per heavy atom. The van der Waals surface area contributed by atoms with Crippen LogP contribution in [0.15, 0.2) is 35.5 Å². The van der Waals surface area contributed by atoms with E-state index < -0.39 is 0 Å². The van der Waals surface area contributed by atoms with E-state index in [9.17, 15) is 4.79 Å². The van der Waals surface area contributed by atoms with Gasteiger partial charge < -0.3 is 10.3 Å². The quantitative estimate of drug-likeness (QED) is 0.760. The summed E-state index contributed by atoms with van der Waals surface area (Å²) in [5.74, 6) is 0.698. The SMILES string of the molecule is CCC(Nc1cc(=O)[nH]c2cn(C)nc12)c1ncccn1. The van der Waals surface area contributed by atoms with Gasteiger partial charge in [0.1, 0.15) is 11.3 Å². The first-order valence-electron chi connectivity index (χ1n) is 6.77. The Morgan fingerprint density at radius 1 is 1.38 bits per heavy atom. The summed E-state index contributed by atoms with van der Waals surface area (Å²) in [6.45, 7) is 2.04. The van der Waals surface area contributed by atoms with Crippen molar-refractivity contribution in [3.63, 3.8) is 0 Å². The largest absolute Gasteiger partial charge is 0.373 e. The molecule has 0 amide bonds. The third-order valence-corrected chi connectivity index (χ3v) is 3.25. The standard InChI is InChI=1S/C14H16N6O/c1-3-9(14-15-5-4-6-16-14)17-10-7-12(21)18-11-8-20(2)19-13(10)11/h4-9,17H,3H2,1-2H3,(H,18,21). The van der Waals surface area contributed by atoms with Gasteiger partial charge >= 0.3 is 0 Å². The molecule has 0 aromatic carbocycles. The molecule has 7 heteroatoms.